The van der Waals surface area contributed by atoms with Crippen molar-refractivity contribution in [3.8, 4) is 69.0 Å². The summed E-state index contributed by atoms with van der Waals surface area (Å²) in [6.07, 6.45) is 0.689. The minimum Gasteiger partial charge on any atom is -0.491 e. The number of aliphatic hydroxyl groups is 5. The first-order valence-corrected chi connectivity index (χ1v) is 53.0. The molecule has 678 valence electrons. The molecule has 0 unspecified atom stereocenters. The third kappa shape index (κ3) is 21.8. The van der Waals surface area contributed by atoms with Crippen molar-refractivity contribution in [2.45, 2.75) is 170 Å². The molecule has 0 aromatic heterocycles. The molecular weight excluding hydrogens is 1790 g/mol. The first-order valence-electron chi connectivity index (χ1n) is 44.2. The first-order chi connectivity index (χ1) is 64.4. The number of rotatable bonds is 19. The maximum atomic E-state index is 12.1. The highest BCUT2D eigenvalue weighted by Crippen LogP contribution is 2.54. The van der Waals surface area contributed by atoms with E-state index in [9.17, 15) is 13.5 Å². The van der Waals surface area contributed by atoms with Crippen LogP contribution in [0.5, 0.6) is 69.0 Å². The van der Waals surface area contributed by atoms with Crippen LogP contribution in [0, 0.1) is 27.7 Å². The highest BCUT2D eigenvalue weighted by Gasteiger charge is 2.46. The van der Waals surface area contributed by atoms with Crippen LogP contribution in [0.2, 0.25) is 0 Å². The molecule has 20 rings (SSSR count). The van der Waals surface area contributed by atoms with E-state index in [2.05, 4.69) is 263 Å². The summed E-state index contributed by atoms with van der Waals surface area (Å²) >= 11 is 1.68. The van der Waals surface area contributed by atoms with Crippen molar-refractivity contribution in [1.82, 2.24) is 0 Å². The van der Waals surface area contributed by atoms with Crippen LogP contribution < -0.4 is 33.2 Å². The molecule has 5 aliphatic heterocycles. The SMILES string of the molecule is CC(C)(C)c1ccc2c(c1)Oc1cc(C(C)(C)C)ccc1[S+]2c1ccc(CCO)cc1.Cc1ccc2c(c1)Oc1cc(C)ccc1[S+]2c1cc(C)c(OCCO)c(C)c1.O=S(=O)(CCO)c1ccc([S+]2c3ccccc3Oc3ccccc32)cc1.OCCOc1ccc([S+]2c3ccccc3Oc3ccccc32)cc1.OCCSc1ccc([S+]2c3ccccc3Oc3ccccc32)cc1. The number of thioether (sulfide) groups is 1. The maximum absolute atomic E-state index is 12.1. The van der Waals surface area contributed by atoms with Gasteiger partial charge in [0.15, 0.2) is 91.8 Å². The number of ether oxygens (including phenoxy) is 7. The summed E-state index contributed by atoms with van der Waals surface area (Å²) in [6.45, 7) is 22.4. The van der Waals surface area contributed by atoms with E-state index in [0.717, 1.165) is 106 Å². The number of hydrogen-bond donors (Lipinski definition) is 5. The normalized spacial score (nSPS) is 13.3. The number of aryl methyl sites for hydroxylation is 4. The molecular formula is C112H109O14S7+5. The van der Waals surface area contributed by atoms with Gasteiger partial charge in [0.1, 0.15) is 79.2 Å². The number of sulfone groups is 1. The van der Waals surface area contributed by atoms with E-state index in [1.54, 1.807) is 23.9 Å². The highest BCUT2D eigenvalue weighted by molar-refractivity contribution is 7.99. The molecule has 0 amide bonds. The van der Waals surface area contributed by atoms with Crippen LogP contribution >= 0.6 is 11.8 Å². The summed E-state index contributed by atoms with van der Waals surface area (Å²) < 4.78 is 66.5. The van der Waals surface area contributed by atoms with Crippen molar-refractivity contribution in [3.05, 3.63) is 367 Å². The molecule has 14 nitrogen and oxygen atoms in total. The molecule has 15 aromatic carbocycles. The van der Waals surface area contributed by atoms with E-state index in [0.29, 0.717) is 19.6 Å². The Morgan fingerprint density at radius 2 is 0.624 bits per heavy atom. The van der Waals surface area contributed by atoms with Crippen molar-refractivity contribution < 1.29 is 67.1 Å². The largest absolute Gasteiger partial charge is 0.491 e. The number of aliphatic hydroxyl groups excluding tert-OH is 5. The average Bonchev–Trinajstić information content (AvgIpc) is 0.750. The Hall–Kier alpha value is -11.3. The highest BCUT2D eigenvalue weighted by atomic mass is 32.2. The summed E-state index contributed by atoms with van der Waals surface area (Å²) in [7, 11) is -4.64. The lowest BCUT2D eigenvalue weighted by Gasteiger charge is -2.26. The molecule has 5 aliphatic rings. The Morgan fingerprint density at radius 1 is 0.308 bits per heavy atom. The molecule has 0 fully saturated rings. The quantitative estimate of drug-likeness (QED) is 0.0378. The van der Waals surface area contributed by atoms with Gasteiger partial charge in [-0.15, -0.1) is 11.8 Å². The van der Waals surface area contributed by atoms with Crippen LogP contribution in [0.25, 0.3) is 0 Å². The summed E-state index contributed by atoms with van der Waals surface area (Å²) in [5.74, 6) is 11.3. The van der Waals surface area contributed by atoms with Crippen LogP contribution in [0.4, 0.5) is 0 Å². The van der Waals surface area contributed by atoms with E-state index >= 15 is 0 Å². The van der Waals surface area contributed by atoms with E-state index in [-0.39, 0.29) is 109 Å². The van der Waals surface area contributed by atoms with Gasteiger partial charge < -0.3 is 58.7 Å². The second kappa shape index (κ2) is 42.5. The molecule has 21 heteroatoms. The summed E-state index contributed by atoms with van der Waals surface area (Å²) in [5, 5.41) is 45.1. The second-order valence-corrected chi connectivity index (χ2v) is 47.2. The summed E-state index contributed by atoms with van der Waals surface area (Å²) in [5.41, 5.74) is 8.42. The maximum Gasteiger partial charge on any atom is 0.209 e. The Kier molecular flexibility index (Phi) is 30.4. The van der Waals surface area contributed by atoms with Crippen LogP contribution in [-0.2, 0) is 81.6 Å². The predicted molar refractivity (Wildman–Crippen MR) is 537 cm³/mol. The van der Waals surface area contributed by atoms with Crippen LogP contribution in [0.15, 0.2) is 411 Å². The second-order valence-electron chi connectivity index (χ2n) is 34.1. The Bertz CT molecular complexity index is 6320. The van der Waals surface area contributed by atoms with E-state index < -0.39 is 9.84 Å². The lowest BCUT2D eigenvalue weighted by molar-refractivity contribution is 0.200. The van der Waals surface area contributed by atoms with E-state index in [4.69, 9.17) is 53.6 Å². The minimum absolute atomic E-state index is 0.0157. The monoisotopic (exact) mass is 1900 g/mol. The summed E-state index contributed by atoms with van der Waals surface area (Å²) in [6, 6.07) is 112. The van der Waals surface area contributed by atoms with Crippen LogP contribution in [0.1, 0.15) is 80.5 Å². The van der Waals surface area contributed by atoms with Gasteiger partial charge in [0.25, 0.3) is 0 Å². The van der Waals surface area contributed by atoms with Crippen molar-refractivity contribution in [1.29, 1.82) is 0 Å². The first kappa shape index (κ1) is 94.9. The topological polar surface area (TPSA) is 200 Å². The Labute approximate surface area is 799 Å². The zero-order chi connectivity index (χ0) is 93.1. The van der Waals surface area contributed by atoms with Gasteiger partial charge >= 0.3 is 0 Å². The van der Waals surface area contributed by atoms with E-state index in [1.165, 1.54) is 85.9 Å². The number of hydrogen-bond acceptors (Lipinski definition) is 15. The predicted octanol–water partition coefficient (Wildman–Crippen LogP) is 25.4. The van der Waals surface area contributed by atoms with Gasteiger partial charge in [0.2, 0.25) is 49.0 Å². The third-order valence-electron chi connectivity index (χ3n) is 22.4. The molecule has 0 saturated carbocycles. The fourth-order valence-electron chi connectivity index (χ4n) is 15.9. The molecule has 0 bridgehead atoms. The molecule has 0 aliphatic carbocycles. The molecule has 133 heavy (non-hydrogen) atoms. The fourth-order valence-corrected chi connectivity index (χ4v) is 28.7. The van der Waals surface area contributed by atoms with Crippen molar-refractivity contribution in [2.24, 2.45) is 0 Å². The van der Waals surface area contributed by atoms with Crippen LogP contribution in [0.3, 0.4) is 0 Å². The number of fused-ring (bicyclic) bond motifs is 10. The minimum atomic E-state index is -3.45. The van der Waals surface area contributed by atoms with Gasteiger partial charge in [-0.1, -0.05) is 151 Å². The summed E-state index contributed by atoms with van der Waals surface area (Å²) in [4.78, 5) is 19.4. The smallest absolute Gasteiger partial charge is 0.209 e. The molecule has 5 N–H and O–H groups in total. The van der Waals surface area contributed by atoms with Crippen LogP contribution in [-0.4, -0.2) is 91.7 Å². The fraction of sp³-hybridized carbons (Fsp3) is 0.196. The molecule has 5 heterocycles. The van der Waals surface area contributed by atoms with Crippen molar-refractivity contribution >= 4 is 76.1 Å². The average molecular weight is 1900 g/mol. The van der Waals surface area contributed by atoms with Gasteiger partial charge in [-0.3, -0.25) is 0 Å². The Morgan fingerprint density at radius 3 is 0.977 bits per heavy atom. The standard InChI is InChI=1S/C28H33O2S.C24H25O3S.C20H17O4S2.C20H17O3S.C20H17O2S2/c1-27(2,3)20-9-13-25-23(17-20)30-24-18-21(28(4,5)6)10-14-26(24)31(25)22-11-7-19(8-12-22)15-16-29;1-15-5-7-22-20(11-15)27-21-12-16(2)6-8-23(21)28(22)19-13-17(3)24(18(4)14-19)26-10-9-25;21-13-14-26(22,23)16-11-9-15(10-12-16)25-19-7-3-1-5-17(19)24-18-6-2-4-8-20(18)25;21-13-14-22-15-9-11-16(12-10-15)24-19-7-3-1-5-17(19)23-18-6-2-4-8-20(18)24;21-13-14-23-15-9-11-16(12-10-15)24-19-7-3-1-5-17(19)22-18-6-2-4-8-20(18)24/h7-14,17-18,29H,15-16H2,1-6H3;5-8,11-14,25H,9-10H2,1-4H3;1-12,21H,13-14H2;2*1-12,21H,13-14H2/q5*+1. The molecule has 0 spiro atoms. The zero-order valence-electron chi connectivity index (χ0n) is 76.0. The lowest BCUT2D eigenvalue weighted by Crippen LogP contribution is -2.17. The molecule has 0 radical (unpaired) electrons. The molecule has 0 saturated heterocycles. The zero-order valence-corrected chi connectivity index (χ0v) is 81.7. The van der Waals surface area contributed by atoms with Gasteiger partial charge in [-0.25, -0.2) is 8.42 Å². The number of benzene rings is 15. The molecule has 15 aromatic rings. The number of para-hydroxylation sites is 6. The molecule has 0 atom stereocenters. The van der Waals surface area contributed by atoms with Gasteiger partial charge in [-0.05, 0) is 290 Å². The lowest BCUT2D eigenvalue weighted by atomic mass is 9.87. The van der Waals surface area contributed by atoms with Gasteiger partial charge in [0, 0.05) is 29.4 Å². The van der Waals surface area contributed by atoms with Crippen molar-refractivity contribution in [2.75, 3.05) is 57.8 Å². The Balaban J connectivity index is 0.000000121. The van der Waals surface area contributed by atoms with Gasteiger partial charge in [-0.2, -0.15) is 0 Å². The van der Waals surface area contributed by atoms with E-state index in [1.807, 2.05) is 121 Å². The van der Waals surface area contributed by atoms with Gasteiger partial charge in [0.05, 0.1) is 37.1 Å². The van der Waals surface area contributed by atoms with Crippen molar-refractivity contribution in [3.63, 3.8) is 0 Å². The third-order valence-corrected chi connectivity index (χ3v) is 36.6.